The minimum absolute atomic E-state index is 0.115. The summed E-state index contributed by atoms with van der Waals surface area (Å²) in [7, 11) is 0. The van der Waals surface area contributed by atoms with Gasteiger partial charge in [-0.1, -0.05) is 23.7 Å². The van der Waals surface area contributed by atoms with E-state index in [0.29, 0.717) is 24.7 Å². The normalized spacial score (nSPS) is 19.1. The standard InChI is InChI=1S/C17H21ClN4O2/c18-14-6-4-13(5-7-14)16(22-10-2-8-20-22)11-19-17(24)21-9-1-3-15(23)12-21/h2,4-8,10,15-16,23H,1,3,9,11-12H2,(H,19,24)/t15-,16+/m1/s1. The molecule has 2 aromatic rings. The number of aliphatic hydroxyl groups excluding tert-OH is 1. The van der Waals surface area contributed by atoms with Crippen LogP contribution in [0.5, 0.6) is 0 Å². The molecule has 7 heteroatoms. The molecule has 0 bridgehead atoms. The van der Waals surface area contributed by atoms with Crippen LogP contribution >= 0.6 is 11.6 Å². The Morgan fingerprint density at radius 1 is 1.42 bits per heavy atom. The van der Waals surface area contributed by atoms with E-state index >= 15 is 0 Å². The number of benzene rings is 1. The lowest BCUT2D eigenvalue weighted by Crippen LogP contribution is -2.48. The minimum Gasteiger partial charge on any atom is -0.391 e. The number of carbonyl (C=O) groups excluding carboxylic acids is 1. The van der Waals surface area contributed by atoms with Gasteiger partial charge >= 0.3 is 6.03 Å². The van der Waals surface area contributed by atoms with Gasteiger partial charge in [-0.25, -0.2) is 4.79 Å². The van der Waals surface area contributed by atoms with E-state index < -0.39 is 6.10 Å². The second-order valence-electron chi connectivity index (χ2n) is 5.98. The molecule has 1 saturated heterocycles. The van der Waals surface area contributed by atoms with Crippen LogP contribution in [0.1, 0.15) is 24.4 Å². The van der Waals surface area contributed by atoms with Crippen LogP contribution in [0, 0.1) is 0 Å². The number of hydrogen-bond donors (Lipinski definition) is 2. The van der Waals surface area contributed by atoms with Gasteiger partial charge in [0.05, 0.1) is 12.1 Å². The fourth-order valence-corrected chi connectivity index (χ4v) is 3.08. The SMILES string of the molecule is O=C(NC[C@@H](c1ccc(Cl)cc1)n1cccn1)N1CCC[C@@H](O)C1. The van der Waals surface area contributed by atoms with E-state index in [1.807, 2.05) is 41.2 Å². The van der Waals surface area contributed by atoms with E-state index in [-0.39, 0.29) is 12.1 Å². The molecule has 24 heavy (non-hydrogen) atoms. The van der Waals surface area contributed by atoms with Crippen LogP contribution in [0.4, 0.5) is 4.79 Å². The summed E-state index contributed by atoms with van der Waals surface area (Å²) in [5, 5.41) is 17.6. The predicted octanol–water partition coefficient (Wildman–Crippen LogP) is 2.29. The lowest BCUT2D eigenvalue weighted by molar-refractivity contribution is 0.0841. The Morgan fingerprint density at radius 2 is 2.21 bits per heavy atom. The number of aliphatic hydroxyl groups is 1. The maximum atomic E-state index is 12.4. The average Bonchev–Trinajstić information content (AvgIpc) is 3.11. The van der Waals surface area contributed by atoms with E-state index in [1.54, 1.807) is 11.1 Å². The number of nitrogens with zero attached hydrogens (tertiary/aromatic N) is 3. The first-order valence-corrected chi connectivity index (χ1v) is 8.46. The second kappa shape index (κ2) is 7.68. The van der Waals surface area contributed by atoms with E-state index in [0.717, 1.165) is 18.4 Å². The molecule has 1 aromatic carbocycles. The zero-order chi connectivity index (χ0) is 16.9. The molecule has 1 aliphatic rings. The van der Waals surface area contributed by atoms with Crippen molar-refractivity contribution < 1.29 is 9.90 Å². The number of urea groups is 1. The van der Waals surface area contributed by atoms with Crippen molar-refractivity contribution in [1.82, 2.24) is 20.0 Å². The number of nitrogens with one attached hydrogen (secondary N) is 1. The summed E-state index contributed by atoms with van der Waals surface area (Å²) in [5.41, 5.74) is 1.02. The van der Waals surface area contributed by atoms with Crippen molar-refractivity contribution in [3.63, 3.8) is 0 Å². The highest BCUT2D eigenvalue weighted by molar-refractivity contribution is 6.30. The maximum Gasteiger partial charge on any atom is 0.317 e. The van der Waals surface area contributed by atoms with Gasteiger partial charge < -0.3 is 15.3 Å². The highest BCUT2D eigenvalue weighted by Crippen LogP contribution is 2.19. The van der Waals surface area contributed by atoms with Crippen LogP contribution in [-0.2, 0) is 0 Å². The largest absolute Gasteiger partial charge is 0.391 e. The highest BCUT2D eigenvalue weighted by Gasteiger charge is 2.23. The first-order chi connectivity index (χ1) is 11.6. The molecule has 0 saturated carbocycles. The number of β-amino-alcohol motifs (C(OH)–C–C–N with tert-alkyl or cyclic N) is 1. The first kappa shape index (κ1) is 16.8. The van der Waals surface area contributed by atoms with Gasteiger partial charge in [0.25, 0.3) is 0 Å². The number of aromatic nitrogens is 2. The number of amides is 2. The third-order valence-corrected chi connectivity index (χ3v) is 4.48. The van der Waals surface area contributed by atoms with Gasteiger partial charge in [0.1, 0.15) is 0 Å². The van der Waals surface area contributed by atoms with Crippen LogP contribution in [-0.4, -0.2) is 51.6 Å². The average molecular weight is 349 g/mol. The Morgan fingerprint density at radius 3 is 2.88 bits per heavy atom. The molecule has 0 radical (unpaired) electrons. The van der Waals surface area contributed by atoms with Crippen LogP contribution < -0.4 is 5.32 Å². The Balaban J connectivity index is 1.68. The molecule has 2 atom stereocenters. The molecule has 3 rings (SSSR count). The quantitative estimate of drug-likeness (QED) is 0.890. The number of hydrogen-bond acceptors (Lipinski definition) is 3. The summed E-state index contributed by atoms with van der Waals surface area (Å²) in [6.07, 6.45) is 4.74. The molecule has 128 valence electrons. The van der Waals surface area contributed by atoms with E-state index in [1.165, 1.54) is 0 Å². The fraction of sp³-hybridized carbons (Fsp3) is 0.412. The van der Waals surface area contributed by atoms with Gasteiger partial charge in [-0.15, -0.1) is 0 Å². The van der Waals surface area contributed by atoms with E-state index in [9.17, 15) is 9.90 Å². The van der Waals surface area contributed by atoms with Gasteiger partial charge in [-0.2, -0.15) is 5.10 Å². The fourth-order valence-electron chi connectivity index (χ4n) is 2.95. The van der Waals surface area contributed by atoms with E-state index in [2.05, 4.69) is 10.4 Å². The minimum atomic E-state index is -0.428. The number of halogens is 1. The van der Waals surface area contributed by atoms with Crippen LogP contribution in [0.25, 0.3) is 0 Å². The molecule has 1 aromatic heterocycles. The van der Waals surface area contributed by atoms with Crippen molar-refractivity contribution in [2.45, 2.75) is 25.0 Å². The zero-order valence-electron chi connectivity index (χ0n) is 13.3. The lowest BCUT2D eigenvalue weighted by atomic mass is 10.1. The van der Waals surface area contributed by atoms with Gasteiger partial charge in [0.2, 0.25) is 0 Å². The summed E-state index contributed by atoms with van der Waals surface area (Å²) in [6, 6.07) is 9.12. The molecule has 0 spiro atoms. The predicted molar refractivity (Wildman–Crippen MR) is 92.0 cm³/mol. The van der Waals surface area contributed by atoms with Gasteiger partial charge in [0.15, 0.2) is 0 Å². The van der Waals surface area contributed by atoms with Gasteiger partial charge in [0, 0.05) is 37.1 Å². The molecule has 1 aliphatic heterocycles. The van der Waals surface area contributed by atoms with Gasteiger partial charge in [-0.3, -0.25) is 4.68 Å². The molecule has 1 fully saturated rings. The molecule has 2 heterocycles. The van der Waals surface area contributed by atoms with E-state index in [4.69, 9.17) is 11.6 Å². The lowest BCUT2D eigenvalue weighted by Gasteiger charge is -2.30. The topological polar surface area (TPSA) is 70.4 Å². The molecular weight excluding hydrogens is 328 g/mol. The number of piperidine rings is 1. The Bertz CT molecular complexity index is 660. The van der Waals surface area contributed by atoms with Crippen molar-refractivity contribution in [2.24, 2.45) is 0 Å². The molecule has 2 N–H and O–H groups in total. The number of likely N-dealkylation sites (tertiary alicyclic amines) is 1. The first-order valence-electron chi connectivity index (χ1n) is 8.09. The van der Waals surface area contributed by atoms with Crippen molar-refractivity contribution in [3.8, 4) is 0 Å². The van der Waals surface area contributed by atoms with Crippen molar-refractivity contribution in [1.29, 1.82) is 0 Å². The molecular formula is C17H21ClN4O2. The summed E-state index contributed by atoms with van der Waals surface area (Å²) in [4.78, 5) is 14.0. The van der Waals surface area contributed by atoms with Crippen molar-refractivity contribution >= 4 is 17.6 Å². The monoisotopic (exact) mass is 348 g/mol. The summed E-state index contributed by atoms with van der Waals surface area (Å²) >= 11 is 5.96. The third-order valence-electron chi connectivity index (χ3n) is 4.23. The molecule has 6 nitrogen and oxygen atoms in total. The van der Waals surface area contributed by atoms with Crippen LogP contribution in [0.15, 0.2) is 42.7 Å². The molecule has 0 aliphatic carbocycles. The Labute approximate surface area is 146 Å². The number of carbonyl (C=O) groups is 1. The summed E-state index contributed by atoms with van der Waals surface area (Å²) < 4.78 is 1.81. The second-order valence-corrected chi connectivity index (χ2v) is 6.42. The van der Waals surface area contributed by atoms with Crippen molar-refractivity contribution in [3.05, 3.63) is 53.3 Å². The summed E-state index contributed by atoms with van der Waals surface area (Å²) in [6.45, 7) is 1.48. The van der Waals surface area contributed by atoms with Crippen LogP contribution in [0.3, 0.4) is 0 Å². The molecule has 2 amide bonds. The zero-order valence-corrected chi connectivity index (χ0v) is 14.1. The van der Waals surface area contributed by atoms with Gasteiger partial charge in [-0.05, 0) is 36.6 Å². The number of rotatable bonds is 4. The third kappa shape index (κ3) is 4.07. The molecule has 0 unspecified atom stereocenters. The maximum absolute atomic E-state index is 12.4. The van der Waals surface area contributed by atoms with Crippen molar-refractivity contribution in [2.75, 3.05) is 19.6 Å². The Kier molecular flexibility index (Phi) is 5.37. The summed E-state index contributed by atoms with van der Waals surface area (Å²) in [5.74, 6) is 0. The highest BCUT2D eigenvalue weighted by atomic mass is 35.5. The van der Waals surface area contributed by atoms with Crippen LogP contribution in [0.2, 0.25) is 5.02 Å². The smallest absolute Gasteiger partial charge is 0.317 e. The Hall–Kier alpha value is -2.05.